The van der Waals surface area contributed by atoms with Gasteiger partial charge in [-0.3, -0.25) is 0 Å². The highest BCUT2D eigenvalue weighted by Gasteiger charge is 2.16. The molecule has 1 aromatic carbocycles. The molecule has 2 aromatic rings. The van der Waals surface area contributed by atoms with Crippen molar-refractivity contribution in [3.05, 3.63) is 36.0 Å². The second kappa shape index (κ2) is 9.48. The lowest BCUT2D eigenvalue weighted by atomic mass is 10.2. The Morgan fingerprint density at radius 2 is 2.32 bits per heavy atom. The van der Waals surface area contributed by atoms with Gasteiger partial charge in [-0.1, -0.05) is 17.8 Å². The van der Waals surface area contributed by atoms with Gasteiger partial charge in [0, 0.05) is 18.1 Å². The van der Waals surface area contributed by atoms with Crippen molar-refractivity contribution in [2.45, 2.75) is 12.1 Å². The molecule has 2 rings (SSSR count). The van der Waals surface area contributed by atoms with Crippen LogP contribution in [0.2, 0.25) is 0 Å². The van der Waals surface area contributed by atoms with Crippen LogP contribution in [0.3, 0.4) is 0 Å². The highest BCUT2D eigenvalue weighted by atomic mass is 32.2. The van der Waals surface area contributed by atoms with Gasteiger partial charge >= 0.3 is 5.97 Å². The number of esters is 1. The predicted molar refractivity (Wildman–Crippen MR) is 97.7 cm³/mol. The Hall–Kier alpha value is -2.81. The Morgan fingerprint density at radius 3 is 3.04 bits per heavy atom. The summed E-state index contributed by atoms with van der Waals surface area (Å²) in [5.74, 6) is -0.120. The third-order valence-corrected chi connectivity index (χ3v) is 3.47. The van der Waals surface area contributed by atoms with Crippen molar-refractivity contribution in [2.75, 3.05) is 24.7 Å². The van der Waals surface area contributed by atoms with Crippen LogP contribution in [0.1, 0.15) is 17.3 Å². The fourth-order valence-corrected chi connectivity index (χ4v) is 2.20. The van der Waals surface area contributed by atoms with Crippen LogP contribution in [0, 0.1) is 5.41 Å². The van der Waals surface area contributed by atoms with Crippen LogP contribution in [-0.4, -0.2) is 41.6 Å². The first-order chi connectivity index (χ1) is 12.2. The third-order valence-electron chi connectivity index (χ3n) is 2.91. The molecule has 0 aliphatic carbocycles. The Morgan fingerprint density at radius 1 is 1.48 bits per heavy atom. The van der Waals surface area contributed by atoms with E-state index in [1.165, 1.54) is 24.2 Å². The molecule has 0 atom stereocenters. The average Bonchev–Trinajstić information content (AvgIpc) is 2.62. The maximum atomic E-state index is 12.1. The maximum Gasteiger partial charge on any atom is 0.343 e. The van der Waals surface area contributed by atoms with Gasteiger partial charge in [0.15, 0.2) is 5.16 Å². The zero-order valence-corrected chi connectivity index (χ0v) is 14.7. The topological polar surface area (TPSA) is 113 Å². The normalized spacial score (nSPS) is 10.6. The van der Waals surface area contributed by atoms with Crippen LogP contribution >= 0.6 is 11.8 Å². The van der Waals surface area contributed by atoms with Gasteiger partial charge in [0.25, 0.3) is 0 Å². The second-order valence-corrected chi connectivity index (χ2v) is 5.42. The first-order valence-corrected chi connectivity index (χ1v) is 8.72. The molecule has 0 aliphatic rings. The molecule has 0 radical (unpaired) electrons. The first kappa shape index (κ1) is 18.5. The predicted octanol–water partition coefficient (Wildman–Crippen LogP) is 3.85. The van der Waals surface area contributed by atoms with Crippen molar-refractivity contribution in [3.63, 3.8) is 0 Å². The van der Waals surface area contributed by atoms with Gasteiger partial charge in [-0.15, -0.1) is 0 Å². The van der Waals surface area contributed by atoms with Crippen LogP contribution in [0.15, 0.2) is 45.8 Å². The summed E-state index contributed by atoms with van der Waals surface area (Å²) in [6.07, 6.45) is 4.47. The molecule has 0 saturated carbocycles. The molecule has 9 heteroatoms. The number of rotatable bonds is 8. The summed E-state index contributed by atoms with van der Waals surface area (Å²) in [4.78, 5) is 20.6. The SMILES string of the molecule is CCOC(=O)c1cnc(SC)nc1Nc1cccc(N=NCC=N)c1. The molecule has 0 unspecified atom stereocenters. The van der Waals surface area contributed by atoms with Crippen LogP contribution in [0.4, 0.5) is 17.2 Å². The molecule has 0 saturated heterocycles. The van der Waals surface area contributed by atoms with Gasteiger partial charge in [-0.2, -0.15) is 10.2 Å². The van der Waals surface area contributed by atoms with Gasteiger partial charge in [0.2, 0.25) is 0 Å². The quantitative estimate of drug-likeness (QED) is 0.244. The lowest BCUT2D eigenvalue weighted by Gasteiger charge is -2.11. The van der Waals surface area contributed by atoms with E-state index in [0.717, 1.165) is 0 Å². The number of nitrogens with one attached hydrogen (secondary N) is 2. The van der Waals surface area contributed by atoms with Gasteiger partial charge in [-0.05, 0) is 31.4 Å². The van der Waals surface area contributed by atoms with Gasteiger partial charge in [-0.25, -0.2) is 14.8 Å². The largest absolute Gasteiger partial charge is 0.462 e. The van der Waals surface area contributed by atoms with E-state index < -0.39 is 5.97 Å². The van der Waals surface area contributed by atoms with Gasteiger partial charge < -0.3 is 15.5 Å². The number of thioether (sulfide) groups is 1. The second-order valence-electron chi connectivity index (χ2n) is 4.64. The summed E-state index contributed by atoms with van der Waals surface area (Å²) >= 11 is 1.37. The fraction of sp³-hybridized carbons (Fsp3) is 0.250. The minimum absolute atomic E-state index is 0.230. The van der Waals surface area contributed by atoms with E-state index in [2.05, 4.69) is 25.5 Å². The van der Waals surface area contributed by atoms with Crippen molar-refractivity contribution in [2.24, 2.45) is 10.2 Å². The molecule has 2 N–H and O–H groups in total. The summed E-state index contributed by atoms with van der Waals surface area (Å²) in [7, 11) is 0. The van der Waals surface area contributed by atoms with E-state index in [0.29, 0.717) is 22.3 Å². The Balaban J connectivity index is 2.30. The number of hydrogen-bond acceptors (Lipinski definition) is 9. The number of carbonyl (C=O) groups is 1. The van der Waals surface area contributed by atoms with Gasteiger partial charge in [0.05, 0.1) is 18.8 Å². The van der Waals surface area contributed by atoms with Crippen molar-refractivity contribution in [1.82, 2.24) is 9.97 Å². The van der Waals surface area contributed by atoms with E-state index in [-0.39, 0.29) is 18.7 Å². The highest BCUT2D eigenvalue weighted by molar-refractivity contribution is 7.98. The fourth-order valence-electron chi connectivity index (χ4n) is 1.86. The summed E-state index contributed by atoms with van der Waals surface area (Å²) < 4.78 is 5.05. The van der Waals surface area contributed by atoms with Crippen LogP contribution < -0.4 is 5.32 Å². The Labute approximate surface area is 149 Å². The number of aromatic nitrogens is 2. The zero-order chi connectivity index (χ0) is 18.1. The summed E-state index contributed by atoms with van der Waals surface area (Å²) in [5, 5.41) is 18.5. The van der Waals surface area contributed by atoms with E-state index in [1.54, 1.807) is 19.1 Å². The molecule has 1 heterocycles. The minimum atomic E-state index is -0.487. The number of anilines is 2. The van der Waals surface area contributed by atoms with Gasteiger partial charge in [0.1, 0.15) is 11.4 Å². The average molecular weight is 358 g/mol. The molecule has 130 valence electrons. The van der Waals surface area contributed by atoms with E-state index >= 15 is 0 Å². The molecule has 0 spiro atoms. The maximum absolute atomic E-state index is 12.1. The van der Waals surface area contributed by atoms with Crippen LogP contribution in [0.5, 0.6) is 0 Å². The zero-order valence-electron chi connectivity index (χ0n) is 13.9. The molecular weight excluding hydrogens is 340 g/mol. The number of ether oxygens (including phenoxy) is 1. The lowest BCUT2D eigenvalue weighted by Crippen LogP contribution is -2.10. The molecule has 0 bridgehead atoms. The molecular formula is C16H18N6O2S. The Kier molecular flexibility index (Phi) is 7.02. The molecule has 0 aliphatic heterocycles. The summed E-state index contributed by atoms with van der Waals surface area (Å²) in [6, 6.07) is 7.19. The van der Waals surface area contributed by atoms with Crippen LogP contribution in [-0.2, 0) is 4.74 Å². The van der Waals surface area contributed by atoms with Crippen LogP contribution in [0.25, 0.3) is 0 Å². The molecule has 8 nitrogen and oxygen atoms in total. The molecule has 0 fully saturated rings. The van der Waals surface area contributed by atoms with E-state index in [1.807, 2.05) is 18.4 Å². The number of nitrogens with zero attached hydrogens (tertiary/aromatic N) is 4. The number of hydrogen-bond donors (Lipinski definition) is 2. The summed E-state index contributed by atoms with van der Waals surface area (Å²) in [5.41, 5.74) is 1.58. The molecule has 0 amide bonds. The third kappa shape index (κ3) is 5.35. The van der Waals surface area contributed by atoms with Crippen molar-refractivity contribution in [1.29, 1.82) is 5.41 Å². The number of benzene rings is 1. The molecule has 25 heavy (non-hydrogen) atoms. The smallest absolute Gasteiger partial charge is 0.343 e. The Bertz CT molecular complexity index is 781. The monoisotopic (exact) mass is 358 g/mol. The summed E-state index contributed by atoms with van der Waals surface area (Å²) in [6.45, 7) is 2.24. The molecule has 1 aromatic heterocycles. The van der Waals surface area contributed by atoms with Crippen molar-refractivity contribution in [3.8, 4) is 0 Å². The first-order valence-electron chi connectivity index (χ1n) is 7.49. The minimum Gasteiger partial charge on any atom is -0.462 e. The number of azo groups is 1. The lowest BCUT2D eigenvalue weighted by molar-refractivity contribution is 0.0526. The number of carbonyl (C=O) groups excluding carboxylic acids is 1. The highest BCUT2D eigenvalue weighted by Crippen LogP contribution is 2.24. The van der Waals surface area contributed by atoms with Crippen molar-refractivity contribution < 1.29 is 9.53 Å². The van der Waals surface area contributed by atoms with Crippen molar-refractivity contribution >= 4 is 41.1 Å². The van der Waals surface area contributed by atoms with E-state index in [9.17, 15) is 4.79 Å². The van der Waals surface area contributed by atoms with E-state index in [4.69, 9.17) is 10.1 Å². The standard InChI is InChI=1S/C16H18N6O2S/c1-3-24-15(23)13-10-18-16(25-2)21-14(13)20-11-5-4-6-12(9-11)22-19-8-7-17/h4-7,9-10,17H,3,8H2,1-2H3,(H,18,20,21).